The molecule has 0 aliphatic carbocycles. The molecular weight excluding hydrogens is 588 g/mol. The summed E-state index contributed by atoms with van der Waals surface area (Å²) >= 11 is 0. The first-order chi connectivity index (χ1) is 21.1. The number of carbonyl (C=O) groups excluding carboxylic acids is 1. The molecule has 1 unspecified atom stereocenters. The quantitative estimate of drug-likeness (QED) is 0.320. The van der Waals surface area contributed by atoms with Crippen LogP contribution in [0.1, 0.15) is 83.2 Å². The van der Waals surface area contributed by atoms with Gasteiger partial charge in [0, 0.05) is 31.8 Å². The number of nitrogens with zero attached hydrogens (tertiary/aromatic N) is 3. The van der Waals surface area contributed by atoms with Gasteiger partial charge in [-0.05, 0) is 79.7 Å². The van der Waals surface area contributed by atoms with E-state index in [-0.39, 0.29) is 53.6 Å². The predicted molar refractivity (Wildman–Crippen MR) is 178 cm³/mol. The molecule has 1 N–H and O–H groups in total. The van der Waals surface area contributed by atoms with Crippen LogP contribution < -0.4 is 9.46 Å². The van der Waals surface area contributed by atoms with Crippen molar-refractivity contribution in [2.75, 3.05) is 24.5 Å². The monoisotopic (exact) mass is 636 g/mol. The SMILES string of the molecule is Cc1cccc(C)c1-c1cc2nc(n1)NS(=O)(=O)c1cccc(c1)C(=O)N(CCC1OCCCC1(C)C)[C@H](CC(C)(C)C)CO2.[HH]. The number of benzene rings is 2. The van der Waals surface area contributed by atoms with Gasteiger partial charge in [-0.2, -0.15) is 4.98 Å². The Kier molecular flexibility index (Phi) is 9.29. The first-order valence-corrected chi connectivity index (χ1v) is 17.3. The molecule has 3 heterocycles. The summed E-state index contributed by atoms with van der Waals surface area (Å²) in [6, 6.07) is 13.5. The Morgan fingerprint density at radius 1 is 1.07 bits per heavy atom. The Balaban J connectivity index is 0.00000480. The van der Waals surface area contributed by atoms with E-state index in [1.54, 1.807) is 18.2 Å². The van der Waals surface area contributed by atoms with E-state index >= 15 is 0 Å². The van der Waals surface area contributed by atoms with Crippen molar-refractivity contribution < 1.29 is 24.1 Å². The van der Waals surface area contributed by atoms with E-state index in [0.717, 1.165) is 29.5 Å². The summed E-state index contributed by atoms with van der Waals surface area (Å²) in [5.74, 6) is -0.108. The molecule has 0 saturated carbocycles. The van der Waals surface area contributed by atoms with Gasteiger partial charge in [0.1, 0.15) is 6.61 Å². The second-order valence-corrected chi connectivity index (χ2v) is 16.0. The number of amides is 1. The Labute approximate surface area is 269 Å². The fourth-order valence-electron chi connectivity index (χ4n) is 6.50. The summed E-state index contributed by atoms with van der Waals surface area (Å²) < 4.78 is 42.4. The molecule has 45 heavy (non-hydrogen) atoms. The van der Waals surface area contributed by atoms with Gasteiger partial charge in [0.15, 0.2) is 0 Å². The van der Waals surface area contributed by atoms with Crippen molar-refractivity contribution in [3.05, 3.63) is 65.2 Å². The third kappa shape index (κ3) is 7.66. The van der Waals surface area contributed by atoms with Crippen LogP contribution in [0.15, 0.2) is 53.4 Å². The lowest BCUT2D eigenvalue weighted by Crippen LogP contribution is -2.48. The van der Waals surface area contributed by atoms with E-state index in [1.807, 2.05) is 36.9 Å². The van der Waals surface area contributed by atoms with Crippen LogP contribution in [-0.4, -0.2) is 61.1 Å². The van der Waals surface area contributed by atoms with E-state index < -0.39 is 10.0 Å². The minimum atomic E-state index is -4.13. The van der Waals surface area contributed by atoms with E-state index in [0.29, 0.717) is 37.3 Å². The zero-order valence-corrected chi connectivity index (χ0v) is 28.3. The highest BCUT2D eigenvalue weighted by Gasteiger charge is 2.36. The Morgan fingerprint density at radius 3 is 2.47 bits per heavy atom. The van der Waals surface area contributed by atoms with E-state index in [2.05, 4.69) is 49.3 Å². The molecule has 2 atom stereocenters. The fourth-order valence-corrected chi connectivity index (χ4v) is 7.49. The van der Waals surface area contributed by atoms with Gasteiger partial charge < -0.3 is 14.4 Å². The molecule has 4 bridgehead atoms. The fraction of sp³-hybridized carbons (Fsp3) is 0.514. The zero-order valence-electron chi connectivity index (χ0n) is 27.5. The van der Waals surface area contributed by atoms with Crippen molar-refractivity contribution in [2.24, 2.45) is 10.8 Å². The van der Waals surface area contributed by atoms with Crippen LogP contribution in [0.5, 0.6) is 5.88 Å². The molecule has 1 fully saturated rings. The predicted octanol–water partition coefficient (Wildman–Crippen LogP) is 7.04. The van der Waals surface area contributed by atoms with Crippen LogP contribution in [0.4, 0.5) is 5.95 Å². The summed E-state index contributed by atoms with van der Waals surface area (Å²) in [7, 11) is -4.13. The number of carbonyl (C=O) groups is 1. The molecular formula is C35H48N4O5S. The second kappa shape index (κ2) is 12.7. The molecule has 1 amide bonds. The Hall–Kier alpha value is -3.50. The van der Waals surface area contributed by atoms with Crippen LogP contribution in [-0.2, 0) is 14.8 Å². The maximum Gasteiger partial charge on any atom is 0.264 e. The highest BCUT2D eigenvalue weighted by atomic mass is 32.2. The molecule has 10 heteroatoms. The third-order valence-corrected chi connectivity index (χ3v) is 10.1. The van der Waals surface area contributed by atoms with Crippen LogP contribution in [0.2, 0.25) is 0 Å². The number of fused-ring (bicyclic) bond motifs is 4. The van der Waals surface area contributed by atoms with Crippen LogP contribution in [0, 0.1) is 24.7 Å². The molecule has 1 saturated heterocycles. The molecule has 0 spiro atoms. The number of rotatable bonds is 5. The zero-order chi connectivity index (χ0) is 32.6. The average Bonchev–Trinajstić information content (AvgIpc) is 2.95. The van der Waals surface area contributed by atoms with Gasteiger partial charge in [0.05, 0.1) is 22.7 Å². The normalized spacial score (nSPS) is 21.5. The lowest BCUT2D eigenvalue weighted by Gasteiger charge is -2.41. The van der Waals surface area contributed by atoms with E-state index in [4.69, 9.17) is 9.47 Å². The standard InChI is InChI=1S/C35H46N4O5S.H2/c1-23-11-8-12-24(2)31(23)28-20-30-37-33(36-28)38-45(41,42)27-14-9-13-25(19-27)32(40)39(26(22-44-30)21-34(3,4)5)17-15-29-35(6,7)16-10-18-43-29;/h8-9,11-14,19-20,26,29H,10,15-18,21-22H2,1-7H3,(H,36,37,38);1H/t26-,29?;/m1./s1. The lowest BCUT2D eigenvalue weighted by molar-refractivity contribution is -0.0752. The van der Waals surface area contributed by atoms with Gasteiger partial charge in [-0.3, -0.25) is 4.79 Å². The molecule has 5 rings (SSSR count). The van der Waals surface area contributed by atoms with Gasteiger partial charge in [0.25, 0.3) is 15.9 Å². The number of hydrogen-bond acceptors (Lipinski definition) is 7. The Morgan fingerprint density at radius 2 is 1.78 bits per heavy atom. The maximum atomic E-state index is 14.3. The minimum absolute atomic E-state index is 0. The number of aromatic nitrogens is 2. The molecule has 3 aromatic rings. The van der Waals surface area contributed by atoms with Crippen molar-refractivity contribution >= 4 is 21.9 Å². The first-order valence-electron chi connectivity index (χ1n) is 15.8. The molecule has 9 nitrogen and oxygen atoms in total. The number of anilines is 1. The smallest absolute Gasteiger partial charge is 0.264 e. The summed E-state index contributed by atoms with van der Waals surface area (Å²) in [6.07, 6.45) is 3.40. The van der Waals surface area contributed by atoms with Gasteiger partial charge >= 0.3 is 0 Å². The molecule has 244 valence electrons. The average molecular weight is 637 g/mol. The van der Waals surface area contributed by atoms with Gasteiger partial charge in [-0.25, -0.2) is 18.1 Å². The van der Waals surface area contributed by atoms with Crippen molar-refractivity contribution in [3.8, 4) is 17.1 Å². The number of sulfonamides is 1. The van der Waals surface area contributed by atoms with Crippen LogP contribution in [0.25, 0.3) is 11.3 Å². The minimum Gasteiger partial charge on any atom is -0.475 e. The summed E-state index contributed by atoms with van der Waals surface area (Å²) in [5.41, 5.74) is 3.58. The second-order valence-electron chi connectivity index (χ2n) is 14.3. The number of ether oxygens (including phenoxy) is 2. The van der Waals surface area contributed by atoms with Crippen molar-refractivity contribution in [1.82, 2.24) is 14.9 Å². The molecule has 2 aliphatic rings. The van der Waals surface area contributed by atoms with E-state index in [1.165, 1.54) is 12.1 Å². The number of nitrogens with one attached hydrogen (secondary N) is 1. The van der Waals surface area contributed by atoms with Gasteiger partial charge in [-0.1, -0.05) is 58.9 Å². The molecule has 2 aliphatic heterocycles. The third-order valence-electron chi connectivity index (χ3n) is 8.82. The topological polar surface area (TPSA) is 111 Å². The van der Waals surface area contributed by atoms with Crippen molar-refractivity contribution in [3.63, 3.8) is 0 Å². The maximum absolute atomic E-state index is 14.3. The van der Waals surface area contributed by atoms with Crippen LogP contribution >= 0.6 is 0 Å². The summed E-state index contributed by atoms with van der Waals surface area (Å²) in [5, 5.41) is 0. The molecule has 2 aromatic carbocycles. The summed E-state index contributed by atoms with van der Waals surface area (Å²) in [6.45, 7) is 16.2. The summed E-state index contributed by atoms with van der Waals surface area (Å²) in [4.78, 5) is 25.2. The number of hydrogen-bond donors (Lipinski definition) is 1. The van der Waals surface area contributed by atoms with E-state index in [9.17, 15) is 13.2 Å². The van der Waals surface area contributed by atoms with Crippen LogP contribution in [0.3, 0.4) is 0 Å². The highest BCUT2D eigenvalue weighted by molar-refractivity contribution is 7.92. The van der Waals surface area contributed by atoms with Crippen molar-refractivity contribution in [1.29, 1.82) is 0 Å². The van der Waals surface area contributed by atoms with Gasteiger partial charge in [-0.15, -0.1) is 0 Å². The molecule has 0 radical (unpaired) electrons. The largest absolute Gasteiger partial charge is 0.475 e. The molecule has 1 aromatic heterocycles. The highest BCUT2D eigenvalue weighted by Crippen LogP contribution is 2.36. The van der Waals surface area contributed by atoms with Crippen molar-refractivity contribution in [2.45, 2.75) is 91.2 Å². The lowest BCUT2D eigenvalue weighted by atomic mass is 9.78. The number of aryl methyl sites for hydroxylation is 2. The van der Waals surface area contributed by atoms with Gasteiger partial charge in [0.2, 0.25) is 11.8 Å². The Bertz CT molecular complexity index is 1650. The first kappa shape index (κ1) is 32.9.